The van der Waals surface area contributed by atoms with E-state index in [1.165, 1.54) is 18.4 Å². The van der Waals surface area contributed by atoms with Crippen LogP contribution in [0.3, 0.4) is 0 Å². The predicted molar refractivity (Wildman–Crippen MR) is 69.0 cm³/mol. The van der Waals surface area contributed by atoms with Crippen molar-refractivity contribution in [3.05, 3.63) is 35.7 Å². The molecule has 3 nitrogen and oxygen atoms in total. The van der Waals surface area contributed by atoms with Gasteiger partial charge in [-0.05, 0) is 44.9 Å². The SMILES string of the molecule is CC(C)=CCOc1ccc(CNC2CC2)nc1. The quantitative estimate of drug-likeness (QED) is 0.766. The smallest absolute Gasteiger partial charge is 0.138 e. The molecule has 0 saturated heterocycles. The summed E-state index contributed by atoms with van der Waals surface area (Å²) >= 11 is 0. The van der Waals surface area contributed by atoms with Gasteiger partial charge in [0, 0.05) is 12.6 Å². The topological polar surface area (TPSA) is 34.1 Å². The van der Waals surface area contributed by atoms with Crippen molar-refractivity contribution in [2.45, 2.75) is 39.3 Å². The third-order valence-corrected chi connectivity index (χ3v) is 2.69. The lowest BCUT2D eigenvalue weighted by Gasteiger charge is -2.05. The summed E-state index contributed by atoms with van der Waals surface area (Å²) < 4.78 is 5.55. The summed E-state index contributed by atoms with van der Waals surface area (Å²) in [6.07, 6.45) is 6.47. The van der Waals surface area contributed by atoms with Crippen molar-refractivity contribution in [3.63, 3.8) is 0 Å². The highest BCUT2D eigenvalue weighted by Crippen LogP contribution is 2.19. The van der Waals surface area contributed by atoms with Crippen LogP contribution in [0.1, 0.15) is 32.4 Å². The van der Waals surface area contributed by atoms with E-state index in [2.05, 4.69) is 30.2 Å². The molecular formula is C14H20N2O. The molecule has 0 aromatic carbocycles. The zero-order valence-electron chi connectivity index (χ0n) is 10.6. The molecule has 0 aliphatic heterocycles. The standard InChI is InChI=1S/C14H20N2O/c1-11(2)7-8-17-14-6-5-13(16-10-14)9-15-12-3-4-12/h5-7,10,12,15H,3-4,8-9H2,1-2H3. The number of rotatable bonds is 6. The summed E-state index contributed by atoms with van der Waals surface area (Å²) in [4.78, 5) is 4.37. The molecule has 1 aliphatic carbocycles. The Morgan fingerprint density at radius 2 is 2.29 bits per heavy atom. The number of nitrogens with zero attached hydrogens (tertiary/aromatic N) is 1. The van der Waals surface area contributed by atoms with Crippen molar-refractivity contribution in [1.29, 1.82) is 0 Å². The molecule has 17 heavy (non-hydrogen) atoms. The average Bonchev–Trinajstić information content (AvgIpc) is 3.11. The summed E-state index contributed by atoms with van der Waals surface area (Å²) in [7, 11) is 0. The molecule has 0 bridgehead atoms. The van der Waals surface area contributed by atoms with Gasteiger partial charge >= 0.3 is 0 Å². The molecule has 1 saturated carbocycles. The maximum absolute atomic E-state index is 5.55. The van der Waals surface area contributed by atoms with Crippen molar-refractivity contribution in [2.75, 3.05) is 6.61 Å². The molecular weight excluding hydrogens is 212 g/mol. The minimum atomic E-state index is 0.615. The molecule has 1 N–H and O–H groups in total. The molecule has 0 unspecified atom stereocenters. The van der Waals surface area contributed by atoms with Crippen LogP contribution in [0.15, 0.2) is 30.0 Å². The minimum absolute atomic E-state index is 0.615. The lowest BCUT2D eigenvalue weighted by molar-refractivity contribution is 0.360. The molecule has 3 heteroatoms. The Morgan fingerprint density at radius 1 is 1.47 bits per heavy atom. The number of allylic oxidation sites excluding steroid dienone is 1. The fraction of sp³-hybridized carbons (Fsp3) is 0.500. The van der Waals surface area contributed by atoms with Gasteiger partial charge < -0.3 is 10.1 Å². The molecule has 0 radical (unpaired) electrons. The van der Waals surface area contributed by atoms with E-state index < -0.39 is 0 Å². The Labute approximate surface area is 103 Å². The Balaban J connectivity index is 1.77. The third-order valence-electron chi connectivity index (χ3n) is 2.69. The van der Waals surface area contributed by atoms with Crippen LogP contribution in [0, 0.1) is 0 Å². The normalized spacial score (nSPS) is 14.5. The largest absolute Gasteiger partial charge is 0.488 e. The van der Waals surface area contributed by atoms with E-state index in [4.69, 9.17) is 4.74 Å². The number of hydrogen-bond donors (Lipinski definition) is 1. The zero-order chi connectivity index (χ0) is 12.1. The van der Waals surface area contributed by atoms with Crippen LogP contribution in [0.4, 0.5) is 0 Å². The summed E-state index contributed by atoms with van der Waals surface area (Å²) in [5, 5.41) is 3.44. The first kappa shape index (κ1) is 12.1. The highest BCUT2D eigenvalue weighted by molar-refractivity contribution is 5.20. The Bertz CT molecular complexity index is 376. The van der Waals surface area contributed by atoms with Gasteiger partial charge in [-0.2, -0.15) is 0 Å². The fourth-order valence-electron chi connectivity index (χ4n) is 1.44. The maximum atomic E-state index is 5.55. The van der Waals surface area contributed by atoms with Gasteiger partial charge in [0.15, 0.2) is 0 Å². The van der Waals surface area contributed by atoms with Crippen LogP contribution in [0.5, 0.6) is 5.75 Å². The number of aromatic nitrogens is 1. The maximum Gasteiger partial charge on any atom is 0.138 e. The van der Waals surface area contributed by atoms with Crippen molar-refractivity contribution < 1.29 is 4.74 Å². The second-order valence-corrected chi connectivity index (χ2v) is 4.73. The lowest BCUT2D eigenvalue weighted by Crippen LogP contribution is -2.16. The van der Waals surface area contributed by atoms with Crippen LogP contribution < -0.4 is 10.1 Å². The van der Waals surface area contributed by atoms with Gasteiger partial charge in [0.25, 0.3) is 0 Å². The van der Waals surface area contributed by atoms with E-state index in [0.29, 0.717) is 6.61 Å². The van der Waals surface area contributed by atoms with E-state index >= 15 is 0 Å². The van der Waals surface area contributed by atoms with E-state index in [1.807, 2.05) is 12.1 Å². The van der Waals surface area contributed by atoms with Crippen LogP contribution in [-0.4, -0.2) is 17.6 Å². The predicted octanol–water partition coefficient (Wildman–Crippen LogP) is 2.68. The second-order valence-electron chi connectivity index (χ2n) is 4.73. The average molecular weight is 232 g/mol. The van der Waals surface area contributed by atoms with Crippen molar-refractivity contribution in [2.24, 2.45) is 0 Å². The first-order valence-electron chi connectivity index (χ1n) is 6.18. The number of nitrogens with one attached hydrogen (secondary N) is 1. The summed E-state index contributed by atoms with van der Waals surface area (Å²) in [5.74, 6) is 0.831. The van der Waals surface area contributed by atoms with Crippen LogP contribution >= 0.6 is 0 Å². The first-order chi connectivity index (χ1) is 8.24. The second kappa shape index (κ2) is 5.82. The first-order valence-corrected chi connectivity index (χ1v) is 6.18. The Hall–Kier alpha value is -1.35. The highest BCUT2D eigenvalue weighted by Gasteiger charge is 2.19. The minimum Gasteiger partial charge on any atom is -0.488 e. The van der Waals surface area contributed by atoms with Gasteiger partial charge in [0.05, 0.1) is 11.9 Å². The van der Waals surface area contributed by atoms with Gasteiger partial charge in [-0.1, -0.05) is 5.57 Å². The molecule has 1 aliphatic rings. The van der Waals surface area contributed by atoms with Gasteiger partial charge in [0.1, 0.15) is 12.4 Å². The monoisotopic (exact) mass is 232 g/mol. The Kier molecular flexibility index (Phi) is 4.15. The number of ether oxygens (including phenoxy) is 1. The van der Waals surface area contributed by atoms with E-state index in [9.17, 15) is 0 Å². The molecule has 0 spiro atoms. The summed E-state index contributed by atoms with van der Waals surface area (Å²) in [6.45, 7) is 5.60. The highest BCUT2D eigenvalue weighted by atomic mass is 16.5. The van der Waals surface area contributed by atoms with Gasteiger partial charge in [-0.25, -0.2) is 0 Å². The number of hydrogen-bond acceptors (Lipinski definition) is 3. The molecule has 1 heterocycles. The van der Waals surface area contributed by atoms with Crippen molar-refractivity contribution in [3.8, 4) is 5.75 Å². The molecule has 92 valence electrons. The van der Waals surface area contributed by atoms with E-state index in [-0.39, 0.29) is 0 Å². The van der Waals surface area contributed by atoms with Crippen LogP contribution in [0.2, 0.25) is 0 Å². The molecule has 2 rings (SSSR count). The molecule has 1 aromatic heterocycles. The van der Waals surface area contributed by atoms with E-state index in [1.54, 1.807) is 6.20 Å². The zero-order valence-corrected chi connectivity index (χ0v) is 10.6. The summed E-state index contributed by atoms with van der Waals surface area (Å²) in [5.41, 5.74) is 2.34. The Morgan fingerprint density at radius 3 is 2.88 bits per heavy atom. The third kappa shape index (κ3) is 4.57. The van der Waals surface area contributed by atoms with Gasteiger partial charge in [0.2, 0.25) is 0 Å². The molecule has 1 aromatic rings. The van der Waals surface area contributed by atoms with E-state index in [0.717, 1.165) is 24.0 Å². The molecule has 0 amide bonds. The number of pyridine rings is 1. The van der Waals surface area contributed by atoms with Gasteiger partial charge in [-0.3, -0.25) is 4.98 Å². The van der Waals surface area contributed by atoms with Gasteiger partial charge in [-0.15, -0.1) is 0 Å². The summed E-state index contributed by atoms with van der Waals surface area (Å²) in [6, 6.07) is 4.73. The fourth-order valence-corrected chi connectivity index (χ4v) is 1.44. The molecule has 0 atom stereocenters. The van der Waals surface area contributed by atoms with Crippen molar-refractivity contribution in [1.82, 2.24) is 10.3 Å². The van der Waals surface area contributed by atoms with Crippen LogP contribution in [0.25, 0.3) is 0 Å². The molecule has 1 fully saturated rings. The van der Waals surface area contributed by atoms with Crippen LogP contribution in [-0.2, 0) is 6.54 Å². The lowest BCUT2D eigenvalue weighted by atomic mass is 10.3. The van der Waals surface area contributed by atoms with Crippen molar-refractivity contribution >= 4 is 0 Å².